The van der Waals surface area contributed by atoms with Gasteiger partial charge in [0.05, 0.1) is 17.6 Å². The zero-order chi connectivity index (χ0) is 13.1. The minimum absolute atomic E-state index is 0.497. The van der Waals surface area contributed by atoms with Crippen molar-refractivity contribution in [3.8, 4) is 5.75 Å². The van der Waals surface area contributed by atoms with Crippen molar-refractivity contribution in [2.75, 3.05) is 7.11 Å². The Morgan fingerprint density at radius 1 is 1.28 bits per heavy atom. The van der Waals surface area contributed by atoms with Crippen molar-refractivity contribution in [2.45, 2.75) is 12.5 Å². The van der Waals surface area contributed by atoms with Gasteiger partial charge in [-0.15, -0.1) is 11.3 Å². The Balaban J connectivity index is 2.10. The van der Waals surface area contributed by atoms with Gasteiger partial charge < -0.3 is 9.84 Å². The first-order chi connectivity index (χ1) is 8.60. The second-order valence-corrected chi connectivity index (χ2v) is 6.13. The predicted octanol–water partition coefficient (Wildman–Crippen LogP) is 4.34. The lowest BCUT2D eigenvalue weighted by atomic mass is 10.0. The van der Waals surface area contributed by atoms with Gasteiger partial charge in [0.25, 0.3) is 0 Å². The second-order valence-electron chi connectivity index (χ2n) is 3.85. The van der Waals surface area contributed by atoms with Crippen LogP contribution < -0.4 is 4.74 Å². The molecular weight excluding hydrogens is 291 g/mol. The Hall–Kier alpha value is -0.740. The molecule has 1 unspecified atom stereocenters. The SMILES string of the molecule is COc1ccc(CC(O)c2cc(Cl)sc2Cl)cc1. The highest BCUT2D eigenvalue weighted by molar-refractivity contribution is 7.20. The van der Waals surface area contributed by atoms with Crippen molar-refractivity contribution < 1.29 is 9.84 Å². The van der Waals surface area contributed by atoms with Gasteiger partial charge in [0.2, 0.25) is 0 Å². The molecule has 0 aliphatic heterocycles. The van der Waals surface area contributed by atoms with Crippen LogP contribution in [0.2, 0.25) is 8.67 Å². The topological polar surface area (TPSA) is 29.5 Å². The molecule has 5 heteroatoms. The third-order valence-corrected chi connectivity index (χ3v) is 4.15. The molecule has 0 amide bonds. The van der Waals surface area contributed by atoms with Crippen LogP contribution in [0, 0.1) is 0 Å². The lowest BCUT2D eigenvalue weighted by Crippen LogP contribution is -2.00. The van der Waals surface area contributed by atoms with E-state index in [9.17, 15) is 5.11 Å². The van der Waals surface area contributed by atoms with Crippen molar-refractivity contribution in [3.05, 3.63) is 50.1 Å². The Morgan fingerprint density at radius 3 is 2.44 bits per heavy atom. The summed E-state index contributed by atoms with van der Waals surface area (Å²) in [5.74, 6) is 0.796. The van der Waals surface area contributed by atoms with Gasteiger partial charge in [-0.1, -0.05) is 35.3 Å². The van der Waals surface area contributed by atoms with Crippen LogP contribution in [-0.2, 0) is 6.42 Å². The number of hydrogen-bond acceptors (Lipinski definition) is 3. The Labute approximate surface area is 120 Å². The summed E-state index contributed by atoms with van der Waals surface area (Å²) in [6, 6.07) is 9.28. The van der Waals surface area contributed by atoms with Crippen LogP contribution in [0.25, 0.3) is 0 Å². The number of aliphatic hydroxyl groups excluding tert-OH is 1. The molecule has 0 spiro atoms. The lowest BCUT2D eigenvalue weighted by molar-refractivity contribution is 0.179. The molecular formula is C13H12Cl2O2S. The quantitative estimate of drug-likeness (QED) is 0.910. The predicted molar refractivity (Wildman–Crippen MR) is 76.0 cm³/mol. The summed E-state index contributed by atoms with van der Waals surface area (Å²) in [5, 5.41) is 10.1. The number of aliphatic hydroxyl groups is 1. The maximum atomic E-state index is 10.1. The molecule has 1 aromatic carbocycles. The molecule has 0 saturated carbocycles. The van der Waals surface area contributed by atoms with Gasteiger partial charge in [0, 0.05) is 12.0 Å². The minimum Gasteiger partial charge on any atom is -0.497 e. The fraction of sp³-hybridized carbons (Fsp3) is 0.231. The van der Waals surface area contributed by atoms with E-state index in [4.69, 9.17) is 27.9 Å². The number of hydrogen-bond donors (Lipinski definition) is 1. The van der Waals surface area contributed by atoms with Crippen LogP contribution in [-0.4, -0.2) is 12.2 Å². The number of rotatable bonds is 4. The maximum Gasteiger partial charge on any atom is 0.118 e. The van der Waals surface area contributed by atoms with Crippen LogP contribution in [0.3, 0.4) is 0 Å². The van der Waals surface area contributed by atoms with E-state index in [0.717, 1.165) is 11.3 Å². The number of benzene rings is 1. The highest BCUT2D eigenvalue weighted by Crippen LogP contribution is 2.36. The molecule has 2 aromatic rings. The van der Waals surface area contributed by atoms with E-state index in [1.54, 1.807) is 13.2 Å². The van der Waals surface area contributed by atoms with Gasteiger partial charge in [0.15, 0.2) is 0 Å². The van der Waals surface area contributed by atoms with Crippen LogP contribution in [0.4, 0.5) is 0 Å². The molecule has 0 aliphatic rings. The van der Waals surface area contributed by atoms with Crippen molar-refractivity contribution >= 4 is 34.5 Å². The number of halogens is 2. The van der Waals surface area contributed by atoms with E-state index in [1.807, 2.05) is 24.3 Å². The van der Waals surface area contributed by atoms with Gasteiger partial charge in [-0.3, -0.25) is 0 Å². The molecule has 1 atom stereocenters. The maximum absolute atomic E-state index is 10.1. The Bertz CT molecular complexity index is 522. The third kappa shape index (κ3) is 3.18. The first-order valence-electron chi connectivity index (χ1n) is 5.36. The fourth-order valence-corrected chi connectivity index (χ4v) is 3.24. The zero-order valence-corrected chi connectivity index (χ0v) is 12.0. The van der Waals surface area contributed by atoms with Crippen molar-refractivity contribution in [1.29, 1.82) is 0 Å². The lowest BCUT2D eigenvalue weighted by Gasteiger charge is -2.10. The number of methoxy groups -OCH3 is 1. The Morgan fingerprint density at radius 2 is 1.94 bits per heavy atom. The molecule has 0 fully saturated rings. The van der Waals surface area contributed by atoms with Crippen LogP contribution >= 0.6 is 34.5 Å². The largest absolute Gasteiger partial charge is 0.497 e. The van der Waals surface area contributed by atoms with Gasteiger partial charge in [0.1, 0.15) is 10.1 Å². The summed E-state index contributed by atoms with van der Waals surface area (Å²) in [7, 11) is 1.62. The highest BCUT2D eigenvalue weighted by atomic mass is 35.5. The molecule has 2 nitrogen and oxygen atoms in total. The highest BCUT2D eigenvalue weighted by Gasteiger charge is 2.15. The van der Waals surface area contributed by atoms with E-state index in [0.29, 0.717) is 20.7 Å². The molecule has 0 bridgehead atoms. The van der Waals surface area contributed by atoms with E-state index >= 15 is 0 Å². The summed E-state index contributed by atoms with van der Waals surface area (Å²) in [6.45, 7) is 0. The summed E-state index contributed by atoms with van der Waals surface area (Å²) in [5.41, 5.74) is 1.70. The molecule has 1 aromatic heterocycles. The third-order valence-electron chi connectivity index (χ3n) is 2.63. The van der Waals surface area contributed by atoms with E-state index in [2.05, 4.69) is 0 Å². The summed E-state index contributed by atoms with van der Waals surface area (Å²) >= 11 is 13.1. The van der Waals surface area contributed by atoms with E-state index in [1.165, 1.54) is 11.3 Å². The summed E-state index contributed by atoms with van der Waals surface area (Å²) < 4.78 is 6.21. The molecule has 18 heavy (non-hydrogen) atoms. The average molecular weight is 303 g/mol. The fourth-order valence-electron chi connectivity index (χ4n) is 1.68. The van der Waals surface area contributed by atoms with Crippen molar-refractivity contribution in [1.82, 2.24) is 0 Å². The molecule has 0 radical (unpaired) electrons. The van der Waals surface area contributed by atoms with E-state index < -0.39 is 6.10 Å². The van der Waals surface area contributed by atoms with Crippen LogP contribution in [0.1, 0.15) is 17.2 Å². The van der Waals surface area contributed by atoms with Crippen molar-refractivity contribution in [2.24, 2.45) is 0 Å². The number of thiophene rings is 1. The molecule has 2 rings (SSSR count). The molecule has 96 valence electrons. The van der Waals surface area contributed by atoms with Crippen LogP contribution in [0.15, 0.2) is 30.3 Å². The number of ether oxygens (including phenoxy) is 1. The van der Waals surface area contributed by atoms with Crippen molar-refractivity contribution in [3.63, 3.8) is 0 Å². The minimum atomic E-state index is -0.644. The first-order valence-corrected chi connectivity index (χ1v) is 6.93. The molecule has 0 saturated heterocycles. The molecule has 1 N–H and O–H groups in total. The molecule has 0 aliphatic carbocycles. The zero-order valence-electron chi connectivity index (χ0n) is 9.69. The normalized spacial score (nSPS) is 12.4. The second kappa shape index (κ2) is 5.93. The Kier molecular flexibility index (Phi) is 4.51. The van der Waals surface area contributed by atoms with Gasteiger partial charge >= 0.3 is 0 Å². The smallest absolute Gasteiger partial charge is 0.118 e. The van der Waals surface area contributed by atoms with Gasteiger partial charge in [-0.2, -0.15) is 0 Å². The van der Waals surface area contributed by atoms with Gasteiger partial charge in [-0.25, -0.2) is 0 Å². The first kappa shape index (κ1) is 13.7. The summed E-state index contributed by atoms with van der Waals surface area (Å²) in [4.78, 5) is 0. The average Bonchev–Trinajstić information content (AvgIpc) is 2.69. The van der Waals surface area contributed by atoms with Gasteiger partial charge in [-0.05, 0) is 23.8 Å². The monoisotopic (exact) mass is 302 g/mol. The standard InChI is InChI=1S/C13H12Cl2O2S/c1-17-9-4-2-8(3-5-9)6-11(16)10-7-12(14)18-13(10)15/h2-5,7,11,16H,6H2,1H3. The molecule has 1 heterocycles. The van der Waals surface area contributed by atoms with E-state index in [-0.39, 0.29) is 0 Å². The summed E-state index contributed by atoms with van der Waals surface area (Å²) in [6.07, 6.45) is -0.147. The van der Waals surface area contributed by atoms with Crippen LogP contribution in [0.5, 0.6) is 5.75 Å².